The molecule has 5 nitrogen and oxygen atoms in total. The summed E-state index contributed by atoms with van der Waals surface area (Å²) in [6.45, 7) is -2.93. The van der Waals surface area contributed by atoms with Gasteiger partial charge in [0.1, 0.15) is 17.6 Å². The minimum absolute atomic E-state index is 0.0309. The zero-order valence-electron chi connectivity index (χ0n) is 13.9. The predicted molar refractivity (Wildman–Crippen MR) is 83.9 cm³/mol. The Hall–Kier alpha value is -2.18. The maximum atomic E-state index is 12.4. The van der Waals surface area contributed by atoms with Crippen LogP contribution >= 0.6 is 0 Å². The third kappa shape index (κ3) is 3.91. The van der Waals surface area contributed by atoms with E-state index in [-0.39, 0.29) is 47.6 Å². The van der Waals surface area contributed by atoms with Gasteiger partial charge in [0.2, 0.25) is 0 Å². The Balaban J connectivity index is 1.68. The summed E-state index contributed by atoms with van der Waals surface area (Å²) in [5.41, 5.74) is 0.390. The molecule has 1 aliphatic carbocycles. The molecule has 1 heterocycles. The van der Waals surface area contributed by atoms with Crippen LogP contribution in [0.15, 0.2) is 18.2 Å². The molecular weight excluding hydrogens is 334 g/mol. The Labute approximate surface area is 144 Å². The summed E-state index contributed by atoms with van der Waals surface area (Å²) in [7, 11) is 1.38. The van der Waals surface area contributed by atoms with Gasteiger partial charge in [-0.25, -0.2) is 0 Å². The first kappa shape index (κ1) is 17.6. The van der Waals surface area contributed by atoms with Crippen molar-refractivity contribution in [3.8, 4) is 11.5 Å². The Bertz CT molecular complexity index is 653. The van der Waals surface area contributed by atoms with E-state index < -0.39 is 6.61 Å². The molecule has 1 aromatic carbocycles. The quantitative estimate of drug-likeness (QED) is 0.773. The standard InChI is InChI=1S/C18H20F2O5/c1-23-17(22)11-4-2-10(3-5-11)15-9-14(21)13-7-6-12(24-18(19)20)8-16(13)25-15/h6-8,10-11,15,18H,2-5,9H2,1H3/t10-,11-,15?. The van der Waals surface area contributed by atoms with E-state index in [9.17, 15) is 18.4 Å². The molecule has 1 aromatic rings. The highest BCUT2D eigenvalue weighted by molar-refractivity contribution is 6.00. The minimum atomic E-state index is -2.93. The van der Waals surface area contributed by atoms with E-state index in [2.05, 4.69) is 4.74 Å². The van der Waals surface area contributed by atoms with Crippen LogP contribution < -0.4 is 9.47 Å². The van der Waals surface area contributed by atoms with Gasteiger partial charge in [0.15, 0.2) is 5.78 Å². The van der Waals surface area contributed by atoms with Crippen LogP contribution in [0.3, 0.4) is 0 Å². The topological polar surface area (TPSA) is 61.8 Å². The number of carbonyl (C=O) groups is 2. The number of hydrogen-bond donors (Lipinski definition) is 0. The number of esters is 1. The lowest BCUT2D eigenvalue weighted by atomic mass is 9.77. The fourth-order valence-electron chi connectivity index (χ4n) is 3.66. The van der Waals surface area contributed by atoms with Crippen molar-refractivity contribution in [3.63, 3.8) is 0 Å². The number of hydrogen-bond acceptors (Lipinski definition) is 5. The van der Waals surface area contributed by atoms with Gasteiger partial charge in [0.25, 0.3) is 0 Å². The van der Waals surface area contributed by atoms with E-state index in [1.54, 1.807) is 0 Å². The Morgan fingerprint density at radius 2 is 1.96 bits per heavy atom. The lowest BCUT2D eigenvalue weighted by molar-refractivity contribution is -0.147. The fraction of sp³-hybridized carbons (Fsp3) is 0.556. The number of methoxy groups -OCH3 is 1. The van der Waals surface area contributed by atoms with Crippen LogP contribution in [0.1, 0.15) is 42.5 Å². The number of Topliss-reactive ketones (excluding diaryl/α,β-unsaturated/α-hetero) is 1. The number of rotatable bonds is 4. The molecule has 0 spiro atoms. The van der Waals surface area contributed by atoms with Crippen LogP contribution in [0.5, 0.6) is 11.5 Å². The number of ketones is 1. The van der Waals surface area contributed by atoms with Crippen LogP contribution in [0, 0.1) is 11.8 Å². The largest absolute Gasteiger partial charge is 0.489 e. The molecule has 136 valence electrons. The number of halogens is 2. The second-order valence-corrected chi connectivity index (χ2v) is 6.45. The normalized spacial score (nSPS) is 25.9. The number of benzene rings is 1. The molecule has 0 radical (unpaired) electrons. The van der Waals surface area contributed by atoms with Gasteiger partial charge in [-0.15, -0.1) is 0 Å². The van der Waals surface area contributed by atoms with Gasteiger partial charge < -0.3 is 14.2 Å². The van der Waals surface area contributed by atoms with E-state index in [4.69, 9.17) is 9.47 Å². The molecule has 2 aliphatic rings. The third-order valence-corrected chi connectivity index (χ3v) is 4.98. The Morgan fingerprint density at radius 1 is 1.24 bits per heavy atom. The molecule has 0 N–H and O–H groups in total. The van der Waals surface area contributed by atoms with E-state index in [1.807, 2.05) is 0 Å². The predicted octanol–water partition coefficient (Wildman–Crippen LogP) is 3.60. The number of ether oxygens (including phenoxy) is 3. The maximum Gasteiger partial charge on any atom is 0.387 e. The average Bonchev–Trinajstić information content (AvgIpc) is 2.60. The van der Waals surface area contributed by atoms with E-state index in [1.165, 1.54) is 25.3 Å². The van der Waals surface area contributed by atoms with Crippen molar-refractivity contribution in [2.75, 3.05) is 7.11 Å². The summed E-state index contributed by atoms with van der Waals surface area (Å²) in [6, 6.07) is 4.14. The summed E-state index contributed by atoms with van der Waals surface area (Å²) in [4.78, 5) is 24.0. The molecule has 0 aromatic heterocycles. The van der Waals surface area contributed by atoms with Crippen molar-refractivity contribution in [2.24, 2.45) is 11.8 Å². The molecule has 1 unspecified atom stereocenters. The van der Waals surface area contributed by atoms with Crippen molar-refractivity contribution in [1.82, 2.24) is 0 Å². The van der Waals surface area contributed by atoms with Crippen molar-refractivity contribution >= 4 is 11.8 Å². The summed E-state index contributed by atoms with van der Waals surface area (Å²) in [5, 5.41) is 0. The lowest BCUT2D eigenvalue weighted by Crippen LogP contribution is -2.37. The maximum absolute atomic E-state index is 12.4. The highest BCUT2D eigenvalue weighted by atomic mass is 19.3. The second kappa shape index (κ2) is 7.37. The second-order valence-electron chi connectivity index (χ2n) is 6.45. The lowest BCUT2D eigenvalue weighted by Gasteiger charge is -2.35. The SMILES string of the molecule is COC(=O)[C@H]1CC[C@H](C2CC(=O)c3ccc(OC(F)F)cc3O2)CC1. The van der Waals surface area contributed by atoms with E-state index in [0.717, 1.165) is 12.8 Å². The fourth-order valence-corrected chi connectivity index (χ4v) is 3.66. The van der Waals surface area contributed by atoms with Gasteiger partial charge in [0.05, 0.1) is 18.6 Å². The number of carbonyl (C=O) groups excluding carboxylic acids is 2. The first-order valence-corrected chi connectivity index (χ1v) is 8.34. The minimum Gasteiger partial charge on any atom is -0.489 e. The van der Waals surface area contributed by atoms with Crippen LogP contribution in [0.4, 0.5) is 8.78 Å². The van der Waals surface area contributed by atoms with Gasteiger partial charge in [-0.05, 0) is 43.7 Å². The van der Waals surface area contributed by atoms with Crippen molar-refractivity contribution in [1.29, 1.82) is 0 Å². The molecule has 1 atom stereocenters. The molecule has 3 rings (SSSR count). The molecular formula is C18H20F2O5. The van der Waals surface area contributed by atoms with Crippen molar-refractivity contribution in [2.45, 2.75) is 44.8 Å². The first-order chi connectivity index (χ1) is 12.0. The average molecular weight is 354 g/mol. The molecule has 1 saturated carbocycles. The number of alkyl halides is 2. The van der Waals surface area contributed by atoms with Gasteiger partial charge in [0, 0.05) is 12.5 Å². The molecule has 25 heavy (non-hydrogen) atoms. The third-order valence-electron chi connectivity index (χ3n) is 4.98. The van der Waals surface area contributed by atoms with Gasteiger partial charge in [-0.1, -0.05) is 0 Å². The van der Waals surface area contributed by atoms with Gasteiger partial charge in [-0.2, -0.15) is 8.78 Å². The van der Waals surface area contributed by atoms with Crippen molar-refractivity contribution < 1.29 is 32.6 Å². The Kier molecular flexibility index (Phi) is 5.20. The summed E-state index contributed by atoms with van der Waals surface area (Å²) >= 11 is 0. The highest BCUT2D eigenvalue weighted by Crippen LogP contribution is 2.39. The summed E-state index contributed by atoms with van der Waals surface area (Å²) < 4.78 is 39.8. The number of fused-ring (bicyclic) bond motifs is 1. The van der Waals surface area contributed by atoms with Gasteiger partial charge >= 0.3 is 12.6 Å². The van der Waals surface area contributed by atoms with E-state index in [0.29, 0.717) is 18.4 Å². The van der Waals surface area contributed by atoms with Gasteiger partial charge in [-0.3, -0.25) is 9.59 Å². The molecule has 1 aliphatic heterocycles. The van der Waals surface area contributed by atoms with Crippen LogP contribution in [0.2, 0.25) is 0 Å². The van der Waals surface area contributed by atoms with E-state index >= 15 is 0 Å². The highest BCUT2D eigenvalue weighted by Gasteiger charge is 2.36. The smallest absolute Gasteiger partial charge is 0.387 e. The summed E-state index contributed by atoms with van der Waals surface area (Å²) in [6.07, 6.45) is 2.89. The zero-order valence-corrected chi connectivity index (χ0v) is 13.9. The molecule has 1 fully saturated rings. The molecule has 0 amide bonds. The Morgan fingerprint density at radius 3 is 2.60 bits per heavy atom. The zero-order chi connectivity index (χ0) is 18.0. The van der Waals surface area contributed by atoms with Crippen molar-refractivity contribution in [3.05, 3.63) is 23.8 Å². The van der Waals surface area contributed by atoms with Crippen LogP contribution in [-0.4, -0.2) is 31.6 Å². The monoisotopic (exact) mass is 354 g/mol. The molecule has 7 heteroatoms. The molecule has 0 saturated heterocycles. The summed E-state index contributed by atoms with van der Waals surface area (Å²) in [5.74, 6) is 0.0470. The molecule has 0 bridgehead atoms. The first-order valence-electron chi connectivity index (χ1n) is 8.34. The van der Waals surface area contributed by atoms with Crippen LogP contribution in [0.25, 0.3) is 0 Å². The van der Waals surface area contributed by atoms with Crippen LogP contribution in [-0.2, 0) is 9.53 Å².